The Labute approximate surface area is 107 Å². The lowest BCUT2D eigenvalue weighted by Crippen LogP contribution is -2.37. The lowest BCUT2D eigenvalue weighted by Gasteiger charge is -2.24. The quantitative estimate of drug-likeness (QED) is 0.868. The van der Waals surface area contributed by atoms with Crippen LogP contribution in [0, 0.1) is 5.82 Å². The van der Waals surface area contributed by atoms with E-state index in [1.54, 1.807) is 12.1 Å². The highest BCUT2D eigenvalue weighted by Gasteiger charge is 2.24. The predicted octanol–water partition coefficient (Wildman–Crippen LogP) is 2.10. The van der Waals surface area contributed by atoms with Gasteiger partial charge in [0.05, 0.1) is 6.54 Å². The Morgan fingerprint density at radius 1 is 1.44 bits per heavy atom. The molecule has 1 aromatic carbocycles. The maximum Gasteiger partial charge on any atom is 0.234 e. The van der Waals surface area contributed by atoms with Crippen LogP contribution in [0.3, 0.4) is 0 Å². The zero-order chi connectivity index (χ0) is 13.1. The normalized spacial score (nSPS) is 16.7. The zero-order valence-corrected chi connectivity index (χ0v) is 10.8. The van der Waals surface area contributed by atoms with Crippen molar-refractivity contribution in [1.82, 2.24) is 10.2 Å². The van der Waals surface area contributed by atoms with Crippen molar-refractivity contribution in [2.24, 2.45) is 0 Å². The summed E-state index contributed by atoms with van der Waals surface area (Å²) in [6.45, 7) is 2.38. The van der Waals surface area contributed by atoms with Crippen molar-refractivity contribution in [3.8, 4) is 0 Å². The molecule has 1 saturated carbocycles. The summed E-state index contributed by atoms with van der Waals surface area (Å²) in [5, 5.41) is 2.96. The molecule has 1 aromatic rings. The first-order chi connectivity index (χ1) is 8.56. The number of carbonyl (C=O) groups excluding carboxylic acids is 1. The van der Waals surface area contributed by atoms with Gasteiger partial charge < -0.3 is 5.32 Å². The third-order valence-electron chi connectivity index (χ3n) is 3.35. The van der Waals surface area contributed by atoms with Gasteiger partial charge in [-0.3, -0.25) is 9.69 Å². The van der Waals surface area contributed by atoms with Crippen molar-refractivity contribution in [2.45, 2.75) is 31.8 Å². The van der Waals surface area contributed by atoms with Crippen LogP contribution in [0.1, 0.15) is 31.4 Å². The van der Waals surface area contributed by atoms with Gasteiger partial charge in [-0.15, -0.1) is 0 Å². The molecule has 1 aliphatic rings. The van der Waals surface area contributed by atoms with Gasteiger partial charge >= 0.3 is 0 Å². The standard InChI is InChI=1S/C14H19FN2O/c1-10(11-3-5-12(15)6-4-11)17(2)9-14(18)16-13-7-8-13/h3-6,10,13H,7-9H2,1-2H3,(H,16,18). The predicted molar refractivity (Wildman–Crippen MR) is 68.6 cm³/mol. The molecule has 1 atom stereocenters. The van der Waals surface area contributed by atoms with E-state index in [9.17, 15) is 9.18 Å². The van der Waals surface area contributed by atoms with E-state index >= 15 is 0 Å². The number of nitrogens with zero attached hydrogens (tertiary/aromatic N) is 1. The van der Waals surface area contributed by atoms with E-state index in [1.165, 1.54) is 12.1 Å². The van der Waals surface area contributed by atoms with E-state index in [0.29, 0.717) is 12.6 Å². The van der Waals surface area contributed by atoms with Crippen LogP contribution < -0.4 is 5.32 Å². The van der Waals surface area contributed by atoms with Gasteiger partial charge in [0, 0.05) is 12.1 Å². The van der Waals surface area contributed by atoms with Crippen molar-refractivity contribution in [1.29, 1.82) is 0 Å². The maximum atomic E-state index is 12.8. The summed E-state index contributed by atoms with van der Waals surface area (Å²) >= 11 is 0. The first-order valence-electron chi connectivity index (χ1n) is 6.31. The fraction of sp³-hybridized carbons (Fsp3) is 0.500. The molecule has 0 saturated heterocycles. The van der Waals surface area contributed by atoms with Crippen LogP contribution in [0.2, 0.25) is 0 Å². The van der Waals surface area contributed by atoms with Gasteiger partial charge in [-0.05, 0) is 44.5 Å². The van der Waals surface area contributed by atoms with Gasteiger partial charge in [0.1, 0.15) is 5.82 Å². The second-order valence-electron chi connectivity index (χ2n) is 4.98. The highest BCUT2D eigenvalue weighted by Crippen LogP contribution is 2.20. The zero-order valence-electron chi connectivity index (χ0n) is 10.8. The number of nitrogens with one attached hydrogen (secondary N) is 1. The molecule has 98 valence electrons. The van der Waals surface area contributed by atoms with E-state index in [2.05, 4.69) is 5.32 Å². The molecular formula is C14H19FN2O. The summed E-state index contributed by atoms with van der Waals surface area (Å²) in [5.74, 6) is -0.172. The monoisotopic (exact) mass is 250 g/mol. The molecule has 1 fully saturated rings. The summed E-state index contributed by atoms with van der Waals surface area (Å²) in [4.78, 5) is 13.6. The summed E-state index contributed by atoms with van der Waals surface area (Å²) in [6.07, 6.45) is 2.20. The Morgan fingerprint density at radius 2 is 2.06 bits per heavy atom. The molecule has 0 aliphatic heterocycles. The minimum Gasteiger partial charge on any atom is -0.352 e. The van der Waals surface area contributed by atoms with Crippen molar-refractivity contribution < 1.29 is 9.18 Å². The average molecular weight is 250 g/mol. The molecule has 1 amide bonds. The lowest BCUT2D eigenvalue weighted by atomic mass is 10.1. The van der Waals surface area contributed by atoms with Crippen LogP contribution in [0.15, 0.2) is 24.3 Å². The van der Waals surface area contributed by atoms with Crippen LogP contribution in [-0.4, -0.2) is 30.4 Å². The molecule has 0 spiro atoms. The first-order valence-corrected chi connectivity index (χ1v) is 6.31. The van der Waals surface area contributed by atoms with Gasteiger partial charge in [-0.1, -0.05) is 12.1 Å². The van der Waals surface area contributed by atoms with Crippen molar-refractivity contribution in [3.63, 3.8) is 0 Å². The van der Waals surface area contributed by atoms with E-state index in [-0.39, 0.29) is 17.8 Å². The fourth-order valence-electron chi connectivity index (χ4n) is 1.86. The third-order valence-corrected chi connectivity index (χ3v) is 3.35. The molecule has 0 heterocycles. The van der Waals surface area contributed by atoms with Crippen molar-refractivity contribution in [3.05, 3.63) is 35.6 Å². The number of hydrogen-bond acceptors (Lipinski definition) is 2. The van der Waals surface area contributed by atoms with Gasteiger partial charge in [0.25, 0.3) is 0 Å². The minimum absolute atomic E-state index is 0.0639. The van der Waals surface area contributed by atoms with Crippen LogP contribution in [0.5, 0.6) is 0 Å². The van der Waals surface area contributed by atoms with E-state index in [0.717, 1.165) is 18.4 Å². The number of likely N-dealkylation sites (N-methyl/N-ethyl adjacent to an activating group) is 1. The van der Waals surface area contributed by atoms with Crippen molar-refractivity contribution in [2.75, 3.05) is 13.6 Å². The van der Waals surface area contributed by atoms with Crippen LogP contribution >= 0.6 is 0 Å². The summed E-state index contributed by atoms with van der Waals surface area (Å²) < 4.78 is 12.8. The lowest BCUT2D eigenvalue weighted by molar-refractivity contribution is -0.122. The molecule has 2 rings (SSSR count). The molecule has 3 nitrogen and oxygen atoms in total. The van der Waals surface area contributed by atoms with E-state index in [1.807, 2.05) is 18.9 Å². The Hall–Kier alpha value is -1.42. The maximum absolute atomic E-state index is 12.8. The summed E-state index contributed by atoms with van der Waals surface area (Å²) in [6, 6.07) is 6.90. The third kappa shape index (κ3) is 3.53. The van der Waals surface area contributed by atoms with E-state index in [4.69, 9.17) is 0 Å². The Kier molecular flexibility index (Phi) is 3.97. The number of hydrogen-bond donors (Lipinski definition) is 1. The smallest absolute Gasteiger partial charge is 0.234 e. The SMILES string of the molecule is CC(c1ccc(F)cc1)N(C)CC(=O)NC1CC1. The van der Waals surface area contributed by atoms with Gasteiger partial charge in [0.2, 0.25) is 5.91 Å². The summed E-state index contributed by atoms with van der Waals surface area (Å²) in [5.41, 5.74) is 1.01. The highest BCUT2D eigenvalue weighted by molar-refractivity contribution is 5.78. The Morgan fingerprint density at radius 3 is 2.61 bits per heavy atom. The number of amides is 1. The molecule has 1 N–H and O–H groups in total. The second-order valence-corrected chi connectivity index (χ2v) is 4.98. The summed E-state index contributed by atoms with van der Waals surface area (Å²) in [7, 11) is 1.90. The van der Waals surface area contributed by atoms with Crippen molar-refractivity contribution >= 4 is 5.91 Å². The van der Waals surface area contributed by atoms with Crippen LogP contribution in [0.4, 0.5) is 4.39 Å². The molecule has 0 radical (unpaired) electrons. The van der Waals surface area contributed by atoms with Gasteiger partial charge in [-0.2, -0.15) is 0 Å². The largest absolute Gasteiger partial charge is 0.352 e. The second kappa shape index (κ2) is 5.48. The number of rotatable bonds is 5. The minimum atomic E-state index is -0.236. The molecular weight excluding hydrogens is 231 g/mol. The fourth-order valence-corrected chi connectivity index (χ4v) is 1.86. The number of benzene rings is 1. The number of carbonyl (C=O) groups is 1. The molecule has 1 unspecified atom stereocenters. The molecule has 4 heteroatoms. The number of halogens is 1. The Bertz CT molecular complexity index is 414. The van der Waals surface area contributed by atoms with E-state index < -0.39 is 0 Å². The van der Waals surface area contributed by atoms with Gasteiger partial charge in [0.15, 0.2) is 0 Å². The molecule has 1 aliphatic carbocycles. The topological polar surface area (TPSA) is 32.3 Å². The molecule has 0 bridgehead atoms. The van der Waals surface area contributed by atoms with Gasteiger partial charge in [-0.25, -0.2) is 4.39 Å². The Balaban J connectivity index is 1.88. The average Bonchev–Trinajstić information content (AvgIpc) is 3.12. The molecule has 0 aromatic heterocycles. The highest BCUT2D eigenvalue weighted by atomic mass is 19.1. The first kappa shape index (κ1) is 13.0. The van der Waals surface area contributed by atoms with Crippen LogP contribution in [0.25, 0.3) is 0 Å². The molecule has 18 heavy (non-hydrogen) atoms. The van der Waals surface area contributed by atoms with Crippen LogP contribution in [-0.2, 0) is 4.79 Å².